The Morgan fingerprint density at radius 3 is 2.65 bits per heavy atom. The maximum Gasteiger partial charge on any atom is 0.237 e. The van der Waals surface area contributed by atoms with E-state index in [1.54, 1.807) is 23.0 Å². The predicted octanol–water partition coefficient (Wildman–Crippen LogP) is 3.74. The summed E-state index contributed by atoms with van der Waals surface area (Å²) in [6, 6.07) is 15.2. The molecule has 0 amide bonds. The van der Waals surface area contributed by atoms with Gasteiger partial charge in [0.1, 0.15) is 5.75 Å². The molecular formula is C16H10BrN5O. The van der Waals surface area contributed by atoms with Crippen molar-refractivity contribution in [2.75, 3.05) is 0 Å². The molecular weight excluding hydrogens is 358 g/mol. The van der Waals surface area contributed by atoms with Gasteiger partial charge in [0.15, 0.2) is 11.5 Å². The summed E-state index contributed by atoms with van der Waals surface area (Å²) in [5.74, 6) is 1.70. The summed E-state index contributed by atoms with van der Waals surface area (Å²) in [4.78, 5) is 4.07. The van der Waals surface area contributed by atoms with Crippen LogP contribution in [-0.2, 0) is 0 Å². The van der Waals surface area contributed by atoms with E-state index in [1.165, 1.54) is 0 Å². The number of aromatic nitrogens is 5. The lowest BCUT2D eigenvalue weighted by molar-refractivity contribution is 0.450. The van der Waals surface area contributed by atoms with Crippen molar-refractivity contribution in [2.45, 2.75) is 0 Å². The maximum atomic E-state index is 5.75. The number of pyridine rings is 1. The van der Waals surface area contributed by atoms with Crippen LogP contribution in [0.15, 0.2) is 65.4 Å². The average Bonchev–Trinajstić information content (AvgIpc) is 2.99. The van der Waals surface area contributed by atoms with Gasteiger partial charge in [-0.1, -0.05) is 30.3 Å². The van der Waals surface area contributed by atoms with Crippen molar-refractivity contribution in [3.8, 4) is 23.0 Å². The first-order valence-electron chi connectivity index (χ1n) is 6.86. The quantitative estimate of drug-likeness (QED) is 0.551. The molecule has 0 aliphatic heterocycles. The third kappa shape index (κ3) is 2.78. The van der Waals surface area contributed by atoms with E-state index in [1.807, 2.05) is 42.5 Å². The number of rotatable bonds is 3. The summed E-state index contributed by atoms with van der Waals surface area (Å²) < 4.78 is 8.25. The highest BCUT2D eigenvalue weighted by atomic mass is 79.9. The molecule has 0 atom stereocenters. The molecule has 0 spiro atoms. The van der Waals surface area contributed by atoms with Gasteiger partial charge < -0.3 is 4.74 Å². The molecule has 0 bridgehead atoms. The molecule has 0 radical (unpaired) electrons. The smallest absolute Gasteiger partial charge is 0.237 e. The second-order valence-corrected chi connectivity index (χ2v) is 5.69. The van der Waals surface area contributed by atoms with E-state index in [9.17, 15) is 0 Å². The van der Waals surface area contributed by atoms with Crippen LogP contribution in [-0.4, -0.2) is 24.8 Å². The third-order valence-electron chi connectivity index (χ3n) is 3.17. The van der Waals surface area contributed by atoms with E-state index in [4.69, 9.17) is 4.74 Å². The van der Waals surface area contributed by atoms with Gasteiger partial charge in [-0.05, 0) is 28.1 Å². The fourth-order valence-corrected chi connectivity index (χ4v) is 2.51. The monoisotopic (exact) mass is 367 g/mol. The molecule has 0 saturated carbocycles. The van der Waals surface area contributed by atoms with Crippen molar-refractivity contribution in [3.63, 3.8) is 0 Å². The summed E-state index contributed by atoms with van der Waals surface area (Å²) in [6.45, 7) is 0. The maximum absolute atomic E-state index is 5.75. The van der Waals surface area contributed by atoms with Crippen LogP contribution in [0, 0.1) is 0 Å². The highest BCUT2D eigenvalue weighted by Crippen LogP contribution is 2.23. The third-order valence-corrected chi connectivity index (χ3v) is 3.61. The number of hydrogen-bond donors (Lipinski definition) is 0. The number of ether oxygens (including phenoxy) is 1. The van der Waals surface area contributed by atoms with Crippen LogP contribution in [0.3, 0.4) is 0 Å². The van der Waals surface area contributed by atoms with Gasteiger partial charge >= 0.3 is 0 Å². The molecule has 4 aromatic rings. The van der Waals surface area contributed by atoms with Gasteiger partial charge in [0, 0.05) is 22.3 Å². The largest absolute Gasteiger partial charge is 0.436 e. The lowest BCUT2D eigenvalue weighted by Crippen LogP contribution is -1.98. The van der Waals surface area contributed by atoms with Gasteiger partial charge in [-0.3, -0.25) is 4.98 Å². The minimum absolute atomic E-state index is 0.439. The summed E-state index contributed by atoms with van der Waals surface area (Å²) in [7, 11) is 0. The van der Waals surface area contributed by atoms with Crippen LogP contribution in [0.4, 0.5) is 0 Å². The fourth-order valence-electron chi connectivity index (χ4n) is 2.16. The molecule has 6 nitrogen and oxygen atoms in total. The van der Waals surface area contributed by atoms with Crippen LogP contribution in [0.5, 0.6) is 11.6 Å². The molecule has 3 aromatic heterocycles. The molecule has 0 saturated heterocycles. The topological polar surface area (TPSA) is 65.2 Å². The highest BCUT2D eigenvalue weighted by Gasteiger charge is 2.10. The number of benzene rings is 1. The molecule has 0 aliphatic carbocycles. The van der Waals surface area contributed by atoms with Crippen molar-refractivity contribution >= 4 is 21.6 Å². The van der Waals surface area contributed by atoms with Crippen molar-refractivity contribution in [3.05, 3.63) is 65.4 Å². The lowest BCUT2D eigenvalue weighted by atomic mass is 10.2. The van der Waals surface area contributed by atoms with Gasteiger partial charge in [-0.25, -0.2) is 0 Å². The first-order chi connectivity index (χ1) is 11.3. The Kier molecular flexibility index (Phi) is 3.47. The summed E-state index contributed by atoms with van der Waals surface area (Å²) in [5, 5.41) is 12.8. The van der Waals surface area contributed by atoms with E-state index in [0.717, 1.165) is 10.0 Å². The summed E-state index contributed by atoms with van der Waals surface area (Å²) in [5.41, 5.74) is 1.59. The molecule has 3 heterocycles. The predicted molar refractivity (Wildman–Crippen MR) is 88.2 cm³/mol. The number of fused-ring (bicyclic) bond motifs is 1. The van der Waals surface area contributed by atoms with Crippen LogP contribution < -0.4 is 4.74 Å². The Hall–Kier alpha value is -2.80. The number of nitrogens with zero attached hydrogens (tertiary/aromatic N) is 5. The summed E-state index contributed by atoms with van der Waals surface area (Å²) in [6.07, 6.45) is 3.32. The lowest BCUT2D eigenvalue weighted by Gasteiger charge is -2.05. The Morgan fingerprint density at radius 1 is 0.957 bits per heavy atom. The van der Waals surface area contributed by atoms with Crippen LogP contribution in [0.25, 0.3) is 17.0 Å². The Morgan fingerprint density at radius 2 is 1.83 bits per heavy atom. The zero-order chi connectivity index (χ0) is 15.6. The molecule has 4 rings (SSSR count). The van der Waals surface area contributed by atoms with Crippen molar-refractivity contribution < 1.29 is 4.74 Å². The molecule has 23 heavy (non-hydrogen) atoms. The van der Waals surface area contributed by atoms with E-state index in [0.29, 0.717) is 23.1 Å². The molecule has 112 valence electrons. The van der Waals surface area contributed by atoms with E-state index in [-0.39, 0.29) is 0 Å². The molecule has 0 unspecified atom stereocenters. The fraction of sp³-hybridized carbons (Fsp3) is 0. The molecule has 0 N–H and O–H groups in total. The second-order valence-electron chi connectivity index (χ2n) is 4.77. The SMILES string of the molecule is Brc1cncc(Oc2ccc3nnc(-c4ccccc4)n3n2)c1. The van der Waals surface area contributed by atoms with Crippen LogP contribution >= 0.6 is 15.9 Å². The van der Waals surface area contributed by atoms with Gasteiger partial charge in [0.2, 0.25) is 5.88 Å². The zero-order valence-electron chi connectivity index (χ0n) is 11.8. The van der Waals surface area contributed by atoms with Crippen LogP contribution in [0.1, 0.15) is 0 Å². The van der Waals surface area contributed by atoms with Crippen LogP contribution in [0.2, 0.25) is 0 Å². The van der Waals surface area contributed by atoms with Crippen molar-refractivity contribution in [1.82, 2.24) is 24.8 Å². The van der Waals surface area contributed by atoms with Crippen molar-refractivity contribution in [1.29, 1.82) is 0 Å². The molecule has 7 heteroatoms. The molecule has 0 aliphatic rings. The highest BCUT2D eigenvalue weighted by molar-refractivity contribution is 9.10. The van der Waals surface area contributed by atoms with E-state index in [2.05, 4.69) is 36.2 Å². The Labute approximate surface area is 139 Å². The van der Waals surface area contributed by atoms with Gasteiger partial charge in [-0.2, -0.15) is 4.52 Å². The van der Waals surface area contributed by atoms with Crippen molar-refractivity contribution in [2.24, 2.45) is 0 Å². The molecule has 1 aromatic carbocycles. The van der Waals surface area contributed by atoms with Gasteiger partial charge in [-0.15, -0.1) is 15.3 Å². The van der Waals surface area contributed by atoms with Gasteiger partial charge in [0.05, 0.1) is 6.20 Å². The standard InChI is InChI=1S/C16H10BrN5O/c17-12-8-13(10-18-9-12)23-15-7-6-14-19-20-16(22(14)21-15)11-4-2-1-3-5-11/h1-10H. The number of halogens is 1. The first-order valence-corrected chi connectivity index (χ1v) is 7.65. The first kappa shape index (κ1) is 13.8. The summed E-state index contributed by atoms with van der Waals surface area (Å²) >= 11 is 3.36. The minimum Gasteiger partial charge on any atom is -0.436 e. The average molecular weight is 368 g/mol. The van der Waals surface area contributed by atoms with E-state index < -0.39 is 0 Å². The Bertz CT molecular complexity index is 971. The molecule has 0 fully saturated rings. The Balaban J connectivity index is 1.75. The zero-order valence-corrected chi connectivity index (χ0v) is 13.4. The minimum atomic E-state index is 0.439. The van der Waals surface area contributed by atoms with Gasteiger partial charge in [0.25, 0.3) is 0 Å². The normalized spacial score (nSPS) is 10.8. The number of hydrogen-bond acceptors (Lipinski definition) is 5. The van der Waals surface area contributed by atoms with E-state index >= 15 is 0 Å². The second kappa shape index (κ2) is 5.77.